The van der Waals surface area contributed by atoms with Crippen LogP contribution in [0.1, 0.15) is 22.8 Å². The van der Waals surface area contributed by atoms with Crippen LogP contribution in [0.2, 0.25) is 0 Å². The second kappa shape index (κ2) is 15.3. The van der Waals surface area contributed by atoms with Crippen LogP contribution in [0.5, 0.6) is 5.75 Å². The summed E-state index contributed by atoms with van der Waals surface area (Å²) in [5.74, 6) is 0.740. The monoisotopic (exact) mass is 717 g/mol. The van der Waals surface area contributed by atoms with Crippen molar-refractivity contribution in [2.75, 3.05) is 26.4 Å². The molecule has 9 rings (SSSR count). The molecular formula is C48H39N5O2. The van der Waals surface area contributed by atoms with E-state index in [1.54, 1.807) is 0 Å². The average Bonchev–Trinajstić information content (AvgIpc) is 4.08. The largest absolute Gasteiger partial charge is 0.491 e. The van der Waals surface area contributed by atoms with Crippen LogP contribution < -0.4 is 10.5 Å². The maximum absolute atomic E-state index is 6.38. The Labute approximate surface area is 319 Å². The predicted octanol–water partition coefficient (Wildman–Crippen LogP) is 10.7. The van der Waals surface area contributed by atoms with Crippen molar-refractivity contribution in [1.82, 2.24) is 19.9 Å². The van der Waals surface area contributed by atoms with Crippen LogP contribution in [0.25, 0.3) is 90.9 Å². The molecule has 4 aromatic carbocycles. The molecule has 0 saturated heterocycles. The lowest BCUT2D eigenvalue weighted by atomic mass is 10.0. The Kier molecular flexibility index (Phi) is 9.45. The number of aromatic nitrogens is 4. The Bertz CT molecular complexity index is 2680. The van der Waals surface area contributed by atoms with Gasteiger partial charge in [-0.25, -0.2) is 9.97 Å². The summed E-state index contributed by atoms with van der Waals surface area (Å²) in [6.07, 6.45) is 8.46. The van der Waals surface area contributed by atoms with Gasteiger partial charge in [0.1, 0.15) is 12.4 Å². The number of nitrogens with one attached hydrogen (secondary N) is 2. The first-order valence-corrected chi connectivity index (χ1v) is 18.6. The molecule has 0 aliphatic carbocycles. The molecule has 55 heavy (non-hydrogen) atoms. The number of nitrogens with zero attached hydrogens (tertiary/aromatic N) is 2. The Hall–Kier alpha value is -6.80. The quantitative estimate of drug-likeness (QED) is 0.122. The first-order chi connectivity index (χ1) is 27.2. The smallest absolute Gasteiger partial charge is 0.127 e. The fraction of sp³-hybridized carbons (Fsp3) is 0.0833. The SMILES string of the molecule is NCCOCCOc1ccccc1-c1c2nc(c(-c3ccccc3)c3ccc([nH]3)c(-c3ccccc3)c3nc(c(-c4ccccc4)c4ccc1[nH]4)C=C3)C=C2. The van der Waals surface area contributed by atoms with Gasteiger partial charge in [-0.05, 0) is 71.3 Å². The zero-order chi connectivity index (χ0) is 37.0. The summed E-state index contributed by atoms with van der Waals surface area (Å²) in [4.78, 5) is 18.4. The Morgan fingerprint density at radius 2 is 0.818 bits per heavy atom. The van der Waals surface area contributed by atoms with E-state index in [1.165, 1.54) is 0 Å². The molecule has 5 heterocycles. The van der Waals surface area contributed by atoms with Crippen molar-refractivity contribution in [1.29, 1.82) is 0 Å². The third-order valence-electron chi connectivity index (χ3n) is 9.85. The fourth-order valence-corrected chi connectivity index (χ4v) is 7.41. The minimum Gasteiger partial charge on any atom is -0.491 e. The van der Waals surface area contributed by atoms with Gasteiger partial charge in [0.2, 0.25) is 0 Å². The Morgan fingerprint density at radius 3 is 1.27 bits per heavy atom. The van der Waals surface area contributed by atoms with Crippen LogP contribution >= 0.6 is 0 Å². The maximum Gasteiger partial charge on any atom is 0.127 e. The van der Waals surface area contributed by atoms with Crippen molar-refractivity contribution in [3.05, 3.63) is 162 Å². The molecule has 0 radical (unpaired) electrons. The molecule has 8 bridgehead atoms. The van der Waals surface area contributed by atoms with Crippen LogP contribution in [0.3, 0.4) is 0 Å². The minimum absolute atomic E-state index is 0.389. The molecule has 0 spiro atoms. The summed E-state index contributed by atoms with van der Waals surface area (Å²) >= 11 is 0. The van der Waals surface area contributed by atoms with Gasteiger partial charge < -0.3 is 25.2 Å². The number of para-hydroxylation sites is 1. The van der Waals surface area contributed by atoms with E-state index in [9.17, 15) is 0 Å². The highest BCUT2D eigenvalue weighted by Gasteiger charge is 2.20. The van der Waals surface area contributed by atoms with Gasteiger partial charge in [-0.15, -0.1) is 0 Å². The van der Waals surface area contributed by atoms with E-state index < -0.39 is 0 Å². The van der Waals surface area contributed by atoms with E-state index in [0.717, 1.165) is 95.1 Å². The van der Waals surface area contributed by atoms with Crippen molar-refractivity contribution < 1.29 is 9.47 Å². The van der Waals surface area contributed by atoms with E-state index in [0.29, 0.717) is 26.4 Å². The first kappa shape index (κ1) is 34.0. The molecule has 7 aromatic rings. The molecule has 2 aliphatic rings. The Balaban J connectivity index is 1.40. The number of ether oxygens (including phenoxy) is 2. The first-order valence-electron chi connectivity index (χ1n) is 18.6. The van der Waals surface area contributed by atoms with Gasteiger partial charge in [0.15, 0.2) is 0 Å². The number of nitrogens with two attached hydrogens (primary N) is 1. The molecule has 7 nitrogen and oxygen atoms in total. The zero-order valence-electron chi connectivity index (χ0n) is 30.2. The summed E-state index contributed by atoms with van der Waals surface area (Å²) < 4.78 is 12.0. The number of benzene rings is 4. The van der Waals surface area contributed by atoms with E-state index >= 15 is 0 Å². The molecule has 3 aromatic heterocycles. The van der Waals surface area contributed by atoms with Crippen molar-refractivity contribution in [2.24, 2.45) is 5.73 Å². The maximum atomic E-state index is 6.38. The highest BCUT2D eigenvalue weighted by molar-refractivity contribution is 6.00. The highest BCUT2D eigenvalue weighted by atomic mass is 16.5. The third-order valence-corrected chi connectivity index (χ3v) is 9.85. The van der Waals surface area contributed by atoms with Crippen LogP contribution in [0, 0.1) is 0 Å². The minimum atomic E-state index is 0.389. The topological polar surface area (TPSA) is 102 Å². The molecular weight excluding hydrogens is 679 g/mol. The third kappa shape index (κ3) is 6.79. The van der Waals surface area contributed by atoms with Gasteiger partial charge in [0.05, 0.1) is 36.0 Å². The average molecular weight is 718 g/mol. The summed E-state index contributed by atoms with van der Waals surface area (Å²) in [6.45, 7) is 1.78. The number of hydrogen-bond donors (Lipinski definition) is 3. The lowest BCUT2D eigenvalue weighted by Crippen LogP contribution is -2.13. The lowest BCUT2D eigenvalue weighted by molar-refractivity contribution is 0.106. The number of H-pyrrole nitrogens is 2. The van der Waals surface area contributed by atoms with E-state index in [2.05, 4.69) is 137 Å². The van der Waals surface area contributed by atoms with Gasteiger partial charge in [-0.1, -0.05) is 109 Å². The highest BCUT2D eigenvalue weighted by Crippen LogP contribution is 2.40. The second-order valence-corrected chi connectivity index (χ2v) is 13.3. The predicted molar refractivity (Wildman–Crippen MR) is 226 cm³/mol. The van der Waals surface area contributed by atoms with Crippen molar-refractivity contribution >= 4 is 46.4 Å². The van der Waals surface area contributed by atoms with Gasteiger partial charge in [0.25, 0.3) is 0 Å². The summed E-state index contributed by atoms with van der Waals surface area (Å²) in [5, 5.41) is 0. The van der Waals surface area contributed by atoms with Crippen molar-refractivity contribution in [3.63, 3.8) is 0 Å². The van der Waals surface area contributed by atoms with E-state index in [-0.39, 0.29) is 0 Å². The lowest BCUT2D eigenvalue weighted by Gasteiger charge is -2.13. The number of rotatable bonds is 10. The summed E-state index contributed by atoms with van der Waals surface area (Å²) in [7, 11) is 0. The van der Waals surface area contributed by atoms with Crippen molar-refractivity contribution in [3.8, 4) is 50.3 Å². The van der Waals surface area contributed by atoms with Crippen molar-refractivity contribution in [2.45, 2.75) is 0 Å². The molecule has 0 atom stereocenters. The van der Waals surface area contributed by atoms with Crippen LogP contribution in [-0.4, -0.2) is 46.3 Å². The molecule has 2 aliphatic heterocycles. The molecule has 268 valence electrons. The number of hydrogen-bond acceptors (Lipinski definition) is 5. The summed E-state index contributed by atoms with van der Waals surface area (Å²) in [5.41, 5.74) is 20.9. The second-order valence-electron chi connectivity index (χ2n) is 13.3. The molecule has 0 fully saturated rings. The normalized spacial score (nSPS) is 11.9. The Morgan fingerprint density at radius 1 is 0.418 bits per heavy atom. The molecule has 0 saturated carbocycles. The van der Waals surface area contributed by atoms with Crippen LogP contribution in [-0.2, 0) is 4.74 Å². The summed E-state index contributed by atoms with van der Waals surface area (Å²) in [6, 6.07) is 48.0. The van der Waals surface area contributed by atoms with E-state index in [1.807, 2.05) is 36.4 Å². The van der Waals surface area contributed by atoms with Gasteiger partial charge in [-0.3, -0.25) is 0 Å². The van der Waals surface area contributed by atoms with Crippen LogP contribution in [0.4, 0.5) is 0 Å². The molecule has 0 unspecified atom stereocenters. The van der Waals surface area contributed by atoms with E-state index in [4.69, 9.17) is 25.2 Å². The standard InChI is InChI=1S/C48H39N5O2/c49-28-29-54-30-31-55-44-19-11-10-18-35(44)48-42-26-24-40(52-42)46(33-14-6-2-7-15-33)38-22-20-36(50-38)45(32-12-4-1-5-13-32)37-21-23-39(51-37)47(34-16-8-3-9-17-34)41-25-27-43(48)53-41/h1-27,50,53H,28-31,49H2. The van der Waals surface area contributed by atoms with Gasteiger partial charge in [-0.2, -0.15) is 0 Å². The number of fused-ring (bicyclic) bond motifs is 8. The van der Waals surface area contributed by atoms with Crippen LogP contribution in [0.15, 0.2) is 140 Å². The van der Waals surface area contributed by atoms with Gasteiger partial charge >= 0.3 is 0 Å². The molecule has 0 amide bonds. The number of aromatic amines is 2. The zero-order valence-corrected chi connectivity index (χ0v) is 30.2. The molecule has 7 heteroatoms. The molecule has 4 N–H and O–H groups in total. The van der Waals surface area contributed by atoms with Gasteiger partial charge in [0, 0.05) is 56.4 Å². The fourth-order valence-electron chi connectivity index (χ4n) is 7.41.